The molecule has 0 spiro atoms. The van der Waals surface area contributed by atoms with Crippen molar-refractivity contribution in [1.29, 1.82) is 0 Å². The van der Waals surface area contributed by atoms with Gasteiger partial charge in [0, 0.05) is 21.9 Å². The highest BCUT2D eigenvalue weighted by Gasteiger charge is 2.06. The van der Waals surface area contributed by atoms with Crippen LogP contribution in [0.3, 0.4) is 0 Å². The molecule has 0 heterocycles. The molecule has 0 aliphatic heterocycles. The second-order valence-corrected chi connectivity index (χ2v) is 5.81. The fourth-order valence-electron chi connectivity index (χ4n) is 1.83. The fourth-order valence-corrected chi connectivity index (χ4v) is 2.64. The number of hydrogen-bond donors (Lipinski definition) is 1. The molecule has 0 fully saturated rings. The molecule has 1 nitrogen and oxygen atoms in total. The van der Waals surface area contributed by atoms with Gasteiger partial charge in [0.25, 0.3) is 0 Å². The third-order valence-electron chi connectivity index (χ3n) is 3.07. The summed E-state index contributed by atoms with van der Waals surface area (Å²) in [5.74, 6) is -1.09. The Morgan fingerprint density at radius 2 is 1.80 bits per heavy atom. The molecular weight excluding hydrogens is 276 g/mol. The molecule has 2 aromatic rings. The van der Waals surface area contributed by atoms with Gasteiger partial charge in [0.1, 0.15) is 11.6 Å². The second kappa shape index (κ2) is 6.86. The molecule has 0 amide bonds. The maximum Gasteiger partial charge on any atom is 0.140 e. The van der Waals surface area contributed by atoms with E-state index in [2.05, 4.69) is 6.92 Å². The zero-order valence-corrected chi connectivity index (χ0v) is 12.1. The lowest BCUT2D eigenvalue weighted by molar-refractivity contribution is 0.565. The highest BCUT2D eigenvalue weighted by atomic mass is 32.2. The van der Waals surface area contributed by atoms with Crippen LogP contribution in [-0.4, -0.2) is 6.04 Å². The van der Waals surface area contributed by atoms with Gasteiger partial charge in [-0.15, -0.1) is 0 Å². The first kappa shape index (κ1) is 15.0. The molecule has 20 heavy (non-hydrogen) atoms. The summed E-state index contributed by atoms with van der Waals surface area (Å²) in [5.41, 5.74) is 7.08. The monoisotopic (exact) mass is 293 g/mol. The fraction of sp³-hybridized carbons (Fsp3) is 0.250. The smallest absolute Gasteiger partial charge is 0.140 e. The van der Waals surface area contributed by atoms with Gasteiger partial charge < -0.3 is 5.73 Å². The van der Waals surface area contributed by atoms with E-state index >= 15 is 0 Å². The lowest BCUT2D eigenvalue weighted by atomic mass is 10.1. The lowest BCUT2D eigenvalue weighted by Gasteiger charge is -2.09. The van der Waals surface area contributed by atoms with E-state index in [4.69, 9.17) is 5.73 Å². The number of hydrogen-bond acceptors (Lipinski definition) is 2. The van der Waals surface area contributed by atoms with E-state index in [1.165, 1.54) is 29.5 Å². The predicted molar refractivity (Wildman–Crippen MR) is 78.9 cm³/mol. The average molecular weight is 293 g/mol. The molecule has 0 aliphatic carbocycles. The largest absolute Gasteiger partial charge is 0.327 e. The van der Waals surface area contributed by atoms with Gasteiger partial charge >= 0.3 is 0 Å². The summed E-state index contributed by atoms with van der Waals surface area (Å²) in [4.78, 5) is 1.34. The van der Waals surface area contributed by atoms with Gasteiger partial charge in [0.15, 0.2) is 0 Å². The van der Waals surface area contributed by atoms with Crippen molar-refractivity contribution >= 4 is 11.8 Å². The number of rotatable bonds is 5. The van der Waals surface area contributed by atoms with Gasteiger partial charge in [0.05, 0.1) is 0 Å². The molecular formula is C16H17F2NS. The van der Waals surface area contributed by atoms with Crippen LogP contribution in [0.25, 0.3) is 0 Å². The van der Waals surface area contributed by atoms with Gasteiger partial charge in [0.2, 0.25) is 0 Å². The van der Waals surface area contributed by atoms with Gasteiger partial charge in [-0.1, -0.05) is 30.8 Å². The van der Waals surface area contributed by atoms with E-state index in [0.29, 0.717) is 4.90 Å². The normalized spacial score (nSPS) is 12.4. The van der Waals surface area contributed by atoms with E-state index in [0.717, 1.165) is 23.8 Å². The minimum Gasteiger partial charge on any atom is -0.327 e. The summed E-state index contributed by atoms with van der Waals surface area (Å²) < 4.78 is 26.4. The van der Waals surface area contributed by atoms with E-state index in [1.807, 2.05) is 24.3 Å². The van der Waals surface area contributed by atoms with Crippen molar-refractivity contribution < 1.29 is 8.78 Å². The summed E-state index contributed by atoms with van der Waals surface area (Å²) in [6, 6.07) is 11.7. The summed E-state index contributed by atoms with van der Waals surface area (Å²) >= 11 is 1.28. The SMILES string of the molecule is CCC(N)Cc1ccc(Sc2ccc(F)cc2F)cc1. The van der Waals surface area contributed by atoms with Crippen LogP contribution in [0.2, 0.25) is 0 Å². The van der Waals surface area contributed by atoms with E-state index in [-0.39, 0.29) is 6.04 Å². The molecule has 0 bridgehead atoms. The van der Waals surface area contributed by atoms with Crippen molar-refractivity contribution in [3.63, 3.8) is 0 Å². The van der Waals surface area contributed by atoms with E-state index in [9.17, 15) is 8.78 Å². The lowest BCUT2D eigenvalue weighted by Crippen LogP contribution is -2.21. The van der Waals surface area contributed by atoms with Crippen molar-refractivity contribution in [3.8, 4) is 0 Å². The Labute approximate surface area is 122 Å². The van der Waals surface area contributed by atoms with E-state index < -0.39 is 11.6 Å². The van der Waals surface area contributed by atoms with Crippen LogP contribution in [0.15, 0.2) is 52.3 Å². The molecule has 0 aromatic heterocycles. The third kappa shape index (κ3) is 4.05. The first-order chi connectivity index (χ1) is 9.58. The van der Waals surface area contributed by atoms with Crippen LogP contribution in [0.5, 0.6) is 0 Å². The zero-order chi connectivity index (χ0) is 14.5. The van der Waals surface area contributed by atoms with Crippen molar-refractivity contribution in [2.75, 3.05) is 0 Å². The highest BCUT2D eigenvalue weighted by molar-refractivity contribution is 7.99. The standard InChI is InChI=1S/C16H17F2NS/c1-2-13(19)9-11-3-6-14(7-4-11)20-16-8-5-12(17)10-15(16)18/h3-8,10,13H,2,9,19H2,1H3. The van der Waals surface area contributed by atoms with Crippen molar-refractivity contribution in [1.82, 2.24) is 0 Å². The van der Waals surface area contributed by atoms with Crippen molar-refractivity contribution in [3.05, 3.63) is 59.7 Å². The average Bonchev–Trinajstić information content (AvgIpc) is 2.44. The van der Waals surface area contributed by atoms with Crippen LogP contribution < -0.4 is 5.73 Å². The Kier molecular flexibility index (Phi) is 5.15. The Morgan fingerprint density at radius 1 is 1.10 bits per heavy atom. The first-order valence-corrected chi connectivity index (χ1v) is 7.37. The van der Waals surface area contributed by atoms with E-state index in [1.54, 1.807) is 0 Å². The number of nitrogens with two attached hydrogens (primary N) is 1. The molecule has 4 heteroatoms. The molecule has 0 saturated heterocycles. The summed E-state index contributed by atoms with van der Waals surface area (Å²) in [6.45, 7) is 2.06. The molecule has 1 unspecified atom stereocenters. The Balaban J connectivity index is 2.07. The summed E-state index contributed by atoms with van der Waals surface area (Å²) in [5, 5.41) is 0. The minimum atomic E-state index is -0.559. The van der Waals surface area contributed by atoms with Gasteiger partial charge in [-0.3, -0.25) is 0 Å². The molecule has 0 saturated carbocycles. The Bertz CT molecular complexity index is 569. The molecule has 0 aliphatic rings. The molecule has 2 rings (SSSR count). The maximum atomic E-state index is 13.6. The molecule has 2 aromatic carbocycles. The van der Waals surface area contributed by atoms with Crippen LogP contribution in [0.4, 0.5) is 8.78 Å². The highest BCUT2D eigenvalue weighted by Crippen LogP contribution is 2.30. The van der Waals surface area contributed by atoms with Gasteiger partial charge in [-0.05, 0) is 42.7 Å². The van der Waals surface area contributed by atoms with Crippen molar-refractivity contribution in [2.45, 2.75) is 35.6 Å². The predicted octanol–water partition coefficient (Wildman–Crippen LogP) is 4.40. The van der Waals surface area contributed by atoms with Crippen LogP contribution in [0, 0.1) is 11.6 Å². The van der Waals surface area contributed by atoms with Crippen LogP contribution in [0.1, 0.15) is 18.9 Å². The molecule has 0 radical (unpaired) electrons. The molecule has 106 valence electrons. The topological polar surface area (TPSA) is 26.0 Å². The zero-order valence-electron chi connectivity index (χ0n) is 11.3. The number of benzene rings is 2. The van der Waals surface area contributed by atoms with Gasteiger partial charge in [-0.25, -0.2) is 8.78 Å². The van der Waals surface area contributed by atoms with Crippen molar-refractivity contribution in [2.24, 2.45) is 5.73 Å². The molecule has 2 N–H and O–H groups in total. The van der Waals surface area contributed by atoms with Gasteiger partial charge in [-0.2, -0.15) is 0 Å². The summed E-state index contributed by atoms with van der Waals surface area (Å²) in [6.07, 6.45) is 1.78. The Morgan fingerprint density at radius 3 is 2.40 bits per heavy atom. The van der Waals surface area contributed by atoms with Crippen LogP contribution >= 0.6 is 11.8 Å². The Hall–Kier alpha value is -1.39. The second-order valence-electron chi connectivity index (χ2n) is 4.69. The summed E-state index contributed by atoms with van der Waals surface area (Å²) in [7, 11) is 0. The quantitative estimate of drug-likeness (QED) is 0.884. The minimum absolute atomic E-state index is 0.169. The number of halogens is 2. The molecule has 1 atom stereocenters. The third-order valence-corrected chi connectivity index (χ3v) is 4.13. The van der Waals surface area contributed by atoms with Crippen LogP contribution in [-0.2, 0) is 6.42 Å². The maximum absolute atomic E-state index is 13.6. The first-order valence-electron chi connectivity index (χ1n) is 6.56.